The lowest BCUT2D eigenvalue weighted by Gasteiger charge is -2.21. The summed E-state index contributed by atoms with van der Waals surface area (Å²) in [4.78, 5) is 23.9. The average Bonchev–Trinajstić information content (AvgIpc) is 2.26. The minimum atomic E-state index is -0.870. The molecule has 0 aliphatic rings. The minimum Gasteiger partial charge on any atom is -0.481 e. The predicted molar refractivity (Wildman–Crippen MR) is 73.2 cm³/mol. The lowest BCUT2D eigenvalue weighted by atomic mass is 9.82. The highest BCUT2D eigenvalue weighted by Crippen LogP contribution is 2.27. The summed E-state index contributed by atoms with van der Waals surface area (Å²) in [5.74, 6) is -0.876. The second-order valence-electron chi connectivity index (χ2n) is 5.06. The molecule has 0 saturated heterocycles. The van der Waals surface area contributed by atoms with E-state index in [4.69, 9.17) is 5.11 Å². The standard InChI is InChI=1S/C14H18O3S/c1-14(2,9-13(16)17)8-12(15)10-4-6-11(18-3)7-5-10/h4-7H,8-9H2,1-3H3,(H,16,17). The van der Waals surface area contributed by atoms with Gasteiger partial charge in [0.25, 0.3) is 0 Å². The Kier molecular flexibility index (Phi) is 4.96. The Bertz CT molecular complexity index is 435. The summed E-state index contributed by atoms with van der Waals surface area (Å²) in [5.41, 5.74) is 0.132. The van der Waals surface area contributed by atoms with E-state index in [1.54, 1.807) is 37.7 Å². The van der Waals surface area contributed by atoms with Gasteiger partial charge in [-0.05, 0) is 23.8 Å². The number of carbonyl (C=O) groups excluding carboxylic acids is 1. The van der Waals surface area contributed by atoms with Crippen molar-refractivity contribution in [3.8, 4) is 0 Å². The van der Waals surface area contributed by atoms with Gasteiger partial charge in [-0.15, -0.1) is 11.8 Å². The molecule has 18 heavy (non-hydrogen) atoms. The number of Topliss-reactive ketones (excluding diaryl/α,β-unsaturated/α-hetero) is 1. The Morgan fingerprint density at radius 3 is 2.17 bits per heavy atom. The highest BCUT2D eigenvalue weighted by atomic mass is 32.2. The van der Waals surface area contributed by atoms with Gasteiger partial charge in [0, 0.05) is 16.9 Å². The molecule has 1 aromatic rings. The minimum absolute atomic E-state index is 0.00162. The zero-order valence-corrected chi connectivity index (χ0v) is 11.7. The van der Waals surface area contributed by atoms with E-state index < -0.39 is 11.4 Å². The number of ketones is 1. The van der Waals surface area contributed by atoms with Crippen LogP contribution in [0.2, 0.25) is 0 Å². The Morgan fingerprint density at radius 2 is 1.72 bits per heavy atom. The first-order valence-electron chi connectivity index (χ1n) is 5.73. The van der Waals surface area contributed by atoms with Crippen molar-refractivity contribution in [1.82, 2.24) is 0 Å². The maximum absolute atomic E-state index is 12.0. The van der Waals surface area contributed by atoms with E-state index >= 15 is 0 Å². The number of hydrogen-bond donors (Lipinski definition) is 1. The first kappa shape index (κ1) is 14.8. The van der Waals surface area contributed by atoms with Crippen LogP contribution in [0.15, 0.2) is 29.2 Å². The van der Waals surface area contributed by atoms with E-state index in [-0.39, 0.29) is 18.6 Å². The molecule has 0 atom stereocenters. The van der Waals surface area contributed by atoms with Crippen molar-refractivity contribution in [2.45, 2.75) is 31.6 Å². The molecule has 0 spiro atoms. The monoisotopic (exact) mass is 266 g/mol. The fourth-order valence-corrected chi connectivity index (χ4v) is 2.19. The topological polar surface area (TPSA) is 54.4 Å². The molecule has 0 radical (unpaired) electrons. The Hall–Kier alpha value is -1.29. The summed E-state index contributed by atoms with van der Waals surface area (Å²) in [6.07, 6.45) is 2.23. The number of rotatable bonds is 6. The lowest BCUT2D eigenvalue weighted by Crippen LogP contribution is -2.21. The van der Waals surface area contributed by atoms with Crippen molar-refractivity contribution < 1.29 is 14.7 Å². The van der Waals surface area contributed by atoms with Crippen LogP contribution < -0.4 is 0 Å². The van der Waals surface area contributed by atoms with Gasteiger partial charge in [-0.3, -0.25) is 9.59 Å². The van der Waals surface area contributed by atoms with Crippen LogP contribution in [0.5, 0.6) is 0 Å². The zero-order chi connectivity index (χ0) is 13.8. The molecule has 0 unspecified atom stereocenters. The van der Waals surface area contributed by atoms with E-state index in [9.17, 15) is 9.59 Å². The van der Waals surface area contributed by atoms with Gasteiger partial charge in [0.05, 0.1) is 6.42 Å². The summed E-state index contributed by atoms with van der Waals surface area (Å²) in [6.45, 7) is 3.60. The van der Waals surface area contributed by atoms with Gasteiger partial charge in [-0.25, -0.2) is 0 Å². The van der Waals surface area contributed by atoms with Gasteiger partial charge >= 0.3 is 5.97 Å². The number of aliphatic carboxylic acids is 1. The third kappa shape index (κ3) is 4.53. The molecule has 1 aromatic carbocycles. The fraction of sp³-hybridized carbons (Fsp3) is 0.429. The van der Waals surface area contributed by atoms with Crippen molar-refractivity contribution in [2.24, 2.45) is 5.41 Å². The fourth-order valence-electron chi connectivity index (χ4n) is 1.79. The van der Waals surface area contributed by atoms with Crippen LogP contribution >= 0.6 is 11.8 Å². The van der Waals surface area contributed by atoms with Crippen LogP contribution in [0.3, 0.4) is 0 Å². The zero-order valence-electron chi connectivity index (χ0n) is 10.9. The Morgan fingerprint density at radius 1 is 1.17 bits per heavy atom. The van der Waals surface area contributed by atoms with Crippen LogP contribution in [0, 0.1) is 5.41 Å². The predicted octanol–water partition coefficient (Wildman–Crippen LogP) is 3.48. The number of carbonyl (C=O) groups is 2. The molecule has 0 bridgehead atoms. The number of carboxylic acid groups (broad SMARTS) is 1. The van der Waals surface area contributed by atoms with Crippen LogP contribution in [0.4, 0.5) is 0 Å². The largest absolute Gasteiger partial charge is 0.481 e. The Balaban J connectivity index is 2.72. The summed E-state index contributed by atoms with van der Waals surface area (Å²) < 4.78 is 0. The maximum atomic E-state index is 12.0. The quantitative estimate of drug-likeness (QED) is 0.632. The van der Waals surface area contributed by atoms with Crippen molar-refractivity contribution in [2.75, 3.05) is 6.26 Å². The Labute approximate surface area is 112 Å². The van der Waals surface area contributed by atoms with E-state index in [1.165, 1.54) is 0 Å². The molecular weight excluding hydrogens is 248 g/mol. The highest BCUT2D eigenvalue weighted by molar-refractivity contribution is 7.98. The summed E-state index contributed by atoms with van der Waals surface area (Å²) in [6, 6.07) is 7.40. The number of hydrogen-bond acceptors (Lipinski definition) is 3. The molecule has 0 fully saturated rings. The van der Waals surface area contributed by atoms with Crippen molar-refractivity contribution in [3.63, 3.8) is 0 Å². The number of benzene rings is 1. The van der Waals surface area contributed by atoms with Gasteiger partial charge in [0.1, 0.15) is 0 Å². The van der Waals surface area contributed by atoms with Crippen LogP contribution in [-0.2, 0) is 4.79 Å². The van der Waals surface area contributed by atoms with Gasteiger partial charge in [0.15, 0.2) is 5.78 Å². The molecule has 1 rings (SSSR count). The molecule has 1 N–H and O–H groups in total. The van der Waals surface area contributed by atoms with Gasteiger partial charge in [-0.2, -0.15) is 0 Å². The first-order valence-corrected chi connectivity index (χ1v) is 6.95. The molecule has 0 aliphatic heterocycles. The average molecular weight is 266 g/mol. The SMILES string of the molecule is CSc1ccc(C(=O)CC(C)(C)CC(=O)O)cc1. The normalized spacial score (nSPS) is 11.3. The first-order chi connectivity index (χ1) is 8.34. The van der Waals surface area contributed by atoms with Crippen LogP contribution in [0.25, 0.3) is 0 Å². The van der Waals surface area contributed by atoms with Crippen LogP contribution in [0.1, 0.15) is 37.0 Å². The molecule has 0 amide bonds. The molecule has 4 heteroatoms. The molecular formula is C14H18O3S. The number of carboxylic acids is 1. The smallest absolute Gasteiger partial charge is 0.303 e. The summed E-state index contributed by atoms with van der Waals surface area (Å²) >= 11 is 1.62. The van der Waals surface area contributed by atoms with Gasteiger partial charge < -0.3 is 5.11 Å². The lowest BCUT2D eigenvalue weighted by molar-refractivity contribution is -0.139. The summed E-state index contributed by atoms with van der Waals surface area (Å²) in [5, 5.41) is 8.79. The molecule has 0 aliphatic carbocycles. The molecule has 0 aromatic heterocycles. The molecule has 98 valence electrons. The third-order valence-electron chi connectivity index (χ3n) is 2.68. The molecule has 0 saturated carbocycles. The van der Waals surface area contributed by atoms with E-state index in [1.807, 2.05) is 18.4 Å². The van der Waals surface area contributed by atoms with Gasteiger partial charge in [-0.1, -0.05) is 26.0 Å². The van der Waals surface area contributed by atoms with Gasteiger partial charge in [0.2, 0.25) is 0 Å². The second-order valence-corrected chi connectivity index (χ2v) is 5.94. The summed E-state index contributed by atoms with van der Waals surface area (Å²) in [7, 11) is 0. The maximum Gasteiger partial charge on any atom is 0.303 e. The van der Waals surface area contributed by atoms with E-state index in [2.05, 4.69) is 0 Å². The number of thioether (sulfide) groups is 1. The highest BCUT2D eigenvalue weighted by Gasteiger charge is 2.25. The van der Waals surface area contributed by atoms with E-state index in [0.29, 0.717) is 5.56 Å². The van der Waals surface area contributed by atoms with Crippen molar-refractivity contribution in [1.29, 1.82) is 0 Å². The molecule has 0 heterocycles. The second kappa shape index (κ2) is 6.05. The van der Waals surface area contributed by atoms with Crippen LogP contribution in [-0.4, -0.2) is 23.1 Å². The van der Waals surface area contributed by atoms with Crippen molar-refractivity contribution >= 4 is 23.5 Å². The molecule has 3 nitrogen and oxygen atoms in total. The third-order valence-corrected chi connectivity index (χ3v) is 3.42. The van der Waals surface area contributed by atoms with Crippen molar-refractivity contribution in [3.05, 3.63) is 29.8 Å². The van der Waals surface area contributed by atoms with E-state index in [0.717, 1.165) is 4.90 Å².